The number of allylic oxidation sites excluding steroid dienone is 4. The van der Waals surface area contributed by atoms with Crippen LogP contribution in [0.15, 0.2) is 90.5 Å². The fraction of sp³-hybridized carbons (Fsp3) is 0.333. The summed E-state index contributed by atoms with van der Waals surface area (Å²) in [6.07, 6.45) is 27.5. The van der Waals surface area contributed by atoms with Gasteiger partial charge in [0, 0.05) is 33.2 Å². The number of nitrogens with zero attached hydrogens (tertiary/aromatic N) is 2. The molecule has 0 saturated heterocycles. The van der Waals surface area contributed by atoms with Crippen molar-refractivity contribution in [2.45, 2.75) is 82.5 Å². The van der Waals surface area contributed by atoms with Crippen LogP contribution in [0.3, 0.4) is 0 Å². The molecule has 1 aromatic carbocycles. The molecular formula is C48H44N4O2. The molecule has 54 heavy (non-hydrogen) atoms. The molecule has 6 fully saturated rings. The second-order valence-corrected chi connectivity index (χ2v) is 17.4. The molecule has 7 aliphatic carbocycles. The van der Waals surface area contributed by atoms with E-state index in [1.54, 1.807) is 6.08 Å². The lowest BCUT2D eigenvalue weighted by molar-refractivity contribution is -0.142. The average Bonchev–Trinajstić information content (AvgIpc) is 4.05. The van der Waals surface area contributed by atoms with E-state index in [-0.39, 0.29) is 22.4 Å². The molecule has 0 radical (unpaired) electrons. The molecule has 268 valence electrons. The van der Waals surface area contributed by atoms with E-state index in [4.69, 9.17) is 9.97 Å². The van der Waals surface area contributed by atoms with Crippen LogP contribution in [0.1, 0.15) is 105 Å². The first-order valence-electron chi connectivity index (χ1n) is 20.0. The zero-order chi connectivity index (χ0) is 36.1. The molecule has 0 spiro atoms. The molecular weight excluding hydrogens is 665 g/mol. The highest BCUT2D eigenvalue weighted by Gasteiger charge is 2.63. The molecule has 6 nitrogen and oxygen atoms in total. The van der Waals surface area contributed by atoms with Crippen molar-refractivity contribution in [3.63, 3.8) is 0 Å². The summed E-state index contributed by atoms with van der Waals surface area (Å²) in [5.41, 5.74) is 13.2. The first kappa shape index (κ1) is 32.1. The molecule has 3 aromatic heterocycles. The second kappa shape index (κ2) is 11.6. The maximum atomic E-state index is 12.9. The van der Waals surface area contributed by atoms with Crippen molar-refractivity contribution in [3.05, 3.63) is 119 Å². The lowest BCUT2D eigenvalue weighted by Gasteiger charge is -2.67. The number of fused-ring (bicyclic) bond motifs is 14. The van der Waals surface area contributed by atoms with Crippen molar-refractivity contribution in [1.82, 2.24) is 19.9 Å². The largest absolute Gasteiger partial charge is 0.355 e. The Morgan fingerprint density at radius 3 is 1.48 bits per heavy atom. The van der Waals surface area contributed by atoms with Gasteiger partial charge in [-0.15, -0.1) is 0 Å². The molecule has 4 aromatic rings. The molecule has 12 bridgehead atoms. The van der Waals surface area contributed by atoms with Gasteiger partial charge in [0.15, 0.2) is 11.6 Å². The first-order chi connectivity index (χ1) is 26.3. The van der Waals surface area contributed by atoms with Gasteiger partial charge in [-0.1, -0.05) is 24.3 Å². The van der Waals surface area contributed by atoms with Gasteiger partial charge >= 0.3 is 0 Å². The van der Waals surface area contributed by atoms with Crippen molar-refractivity contribution in [1.29, 1.82) is 0 Å². The third-order valence-electron chi connectivity index (χ3n) is 15.1. The molecule has 2 N–H and O–H groups in total. The highest BCUT2D eigenvalue weighted by atomic mass is 16.1. The normalized spacial score (nSPS) is 29.6. The average molecular weight is 709 g/mol. The molecule has 13 rings (SSSR count). The number of carbonyl (C=O) groups is 2. The number of hydrogen-bond donors (Lipinski definition) is 2. The van der Waals surface area contributed by atoms with E-state index in [1.807, 2.05) is 0 Å². The summed E-state index contributed by atoms with van der Waals surface area (Å²) in [5, 5.41) is 0. The fourth-order valence-electron chi connectivity index (χ4n) is 12.0. The Morgan fingerprint density at radius 2 is 0.963 bits per heavy atom. The Balaban J connectivity index is 0.890. The predicted molar refractivity (Wildman–Crippen MR) is 216 cm³/mol. The van der Waals surface area contributed by atoms with Gasteiger partial charge in [-0.05, 0) is 195 Å². The molecule has 0 unspecified atom stereocenters. The van der Waals surface area contributed by atoms with Crippen LogP contribution in [-0.2, 0) is 15.0 Å². The number of carbonyl (C=O) groups excluding carboxylic acids is 2. The van der Waals surface area contributed by atoms with Gasteiger partial charge in [-0.2, -0.15) is 0 Å². The number of aromatic nitrogens is 4. The van der Waals surface area contributed by atoms with Crippen molar-refractivity contribution in [3.8, 4) is 11.1 Å². The van der Waals surface area contributed by atoms with Crippen molar-refractivity contribution >= 4 is 57.9 Å². The number of hydrogen-bond acceptors (Lipinski definition) is 4. The molecule has 9 aliphatic rings. The highest BCUT2D eigenvalue weighted by molar-refractivity contribution is 6.18. The van der Waals surface area contributed by atoms with Crippen LogP contribution >= 0.6 is 0 Å². The smallest absolute Gasteiger partial charge is 0.182 e. The lowest BCUT2D eigenvalue weighted by atomic mass is 9.37. The number of benzene rings is 1. The van der Waals surface area contributed by atoms with E-state index in [1.165, 1.54) is 75.5 Å². The van der Waals surface area contributed by atoms with E-state index in [0.29, 0.717) is 10.8 Å². The summed E-state index contributed by atoms with van der Waals surface area (Å²) in [6.45, 7) is 0. The Hall–Kier alpha value is -5.36. The Kier molecular flexibility index (Phi) is 6.88. The zero-order valence-corrected chi connectivity index (χ0v) is 30.6. The Morgan fingerprint density at radius 1 is 0.481 bits per heavy atom. The fourth-order valence-corrected chi connectivity index (χ4v) is 12.0. The number of H-pyrrole nitrogens is 2. The number of rotatable bonds is 4. The van der Waals surface area contributed by atoms with Crippen LogP contribution in [-0.4, -0.2) is 31.5 Å². The van der Waals surface area contributed by atoms with Crippen molar-refractivity contribution in [2.75, 3.05) is 0 Å². The maximum Gasteiger partial charge on any atom is 0.182 e. The third kappa shape index (κ3) is 4.91. The monoisotopic (exact) mass is 708 g/mol. The van der Waals surface area contributed by atoms with Gasteiger partial charge in [-0.25, -0.2) is 9.97 Å². The number of nitrogens with one attached hydrogen (secondary N) is 2. The standard InChI is InChI=1S/C48H44N4O2/c53-39-11-14-43(54)40(30-39)46-18-24-48(25-19-46,26-20-46)47-21-15-45(16-22-47,17-23-47)32-3-1-31(2-4-32)44-41-12-9-37(51-41)28-35-7-5-33(49-35)27-34-6-8-36(50-34)29-38-10-13-42(44)52-38/h1-14,27-30,49-50H,15-26H2. The third-order valence-corrected chi connectivity index (χ3v) is 15.1. The van der Waals surface area contributed by atoms with Crippen LogP contribution in [0, 0.1) is 16.2 Å². The highest BCUT2D eigenvalue weighted by Crippen LogP contribution is 2.73. The van der Waals surface area contributed by atoms with E-state index < -0.39 is 0 Å². The maximum absolute atomic E-state index is 12.9. The summed E-state index contributed by atoms with van der Waals surface area (Å²) in [5.74, 6) is 0.0451. The molecule has 6 saturated carbocycles. The van der Waals surface area contributed by atoms with Gasteiger partial charge in [0.1, 0.15) is 0 Å². The van der Waals surface area contributed by atoms with E-state index in [9.17, 15) is 9.59 Å². The van der Waals surface area contributed by atoms with Gasteiger partial charge < -0.3 is 9.97 Å². The first-order valence-corrected chi connectivity index (χ1v) is 20.0. The molecule has 0 atom stereocenters. The summed E-state index contributed by atoms with van der Waals surface area (Å²) in [4.78, 5) is 42.4. The van der Waals surface area contributed by atoms with Crippen LogP contribution in [0.25, 0.3) is 57.5 Å². The second-order valence-electron chi connectivity index (χ2n) is 17.4. The van der Waals surface area contributed by atoms with Gasteiger partial charge in [0.25, 0.3) is 0 Å². The summed E-state index contributed by atoms with van der Waals surface area (Å²) in [6, 6.07) is 24.1. The number of aromatic amines is 2. The van der Waals surface area contributed by atoms with Gasteiger partial charge in [0.2, 0.25) is 0 Å². The van der Waals surface area contributed by atoms with E-state index >= 15 is 0 Å². The van der Waals surface area contributed by atoms with Crippen LogP contribution in [0.4, 0.5) is 0 Å². The zero-order valence-electron chi connectivity index (χ0n) is 30.6. The summed E-state index contributed by atoms with van der Waals surface area (Å²) >= 11 is 0. The minimum atomic E-state index is -0.0829. The predicted octanol–water partition coefficient (Wildman–Crippen LogP) is 10.9. The summed E-state index contributed by atoms with van der Waals surface area (Å²) in [7, 11) is 0. The van der Waals surface area contributed by atoms with Crippen LogP contribution < -0.4 is 0 Å². The SMILES string of the molecule is O=C1C=CC(=O)C(C23CCC(C45CCC(c6ccc(-c7c8nc(cc9ccc(cc%10ccc(cc%11nc7C=C%11)[nH]%10)[nH]9)C=C8)cc6)(CC4)CC5)(CC2)CC3)=C1. The van der Waals surface area contributed by atoms with E-state index in [0.717, 1.165) is 80.8 Å². The molecule has 0 amide bonds. The van der Waals surface area contributed by atoms with Crippen molar-refractivity contribution < 1.29 is 9.59 Å². The Labute approximate surface area is 315 Å². The van der Waals surface area contributed by atoms with Crippen molar-refractivity contribution in [2.24, 2.45) is 16.2 Å². The minimum Gasteiger partial charge on any atom is -0.355 e. The molecule has 5 heterocycles. The summed E-state index contributed by atoms with van der Waals surface area (Å²) < 4.78 is 0. The quantitative estimate of drug-likeness (QED) is 0.178. The topological polar surface area (TPSA) is 91.5 Å². The van der Waals surface area contributed by atoms with Crippen LogP contribution in [0.2, 0.25) is 0 Å². The number of ketones is 2. The van der Waals surface area contributed by atoms with Gasteiger partial charge in [0.05, 0.1) is 22.8 Å². The molecule has 6 heteroatoms. The lowest BCUT2D eigenvalue weighted by Crippen LogP contribution is -2.57. The van der Waals surface area contributed by atoms with E-state index in [2.05, 4.69) is 101 Å². The Bertz CT molecular complexity index is 2430. The van der Waals surface area contributed by atoms with Crippen LogP contribution in [0.5, 0.6) is 0 Å². The van der Waals surface area contributed by atoms with Gasteiger partial charge in [-0.3, -0.25) is 9.59 Å². The minimum absolute atomic E-state index is 0.0220. The molecule has 2 aliphatic heterocycles.